The topological polar surface area (TPSA) is 41.1 Å². The number of aromatic nitrogens is 2. The molecule has 16 heavy (non-hydrogen) atoms. The zero-order chi connectivity index (χ0) is 11.4. The molecule has 0 aromatic carbocycles. The molecular weight excluding hydrogens is 220 g/mol. The maximum absolute atomic E-state index is 4.20. The van der Waals surface area contributed by atoms with Crippen LogP contribution in [-0.4, -0.2) is 34.6 Å². The van der Waals surface area contributed by atoms with Gasteiger partial charge in [0, 0.05) is 31.7 Å². The monoisotopic (exact) mass is 240 g/mol. The molecule has 1 aromatic heterocycles. The summed E-state index contributed by atoms with van der Waals surface area (Å²) in [5, 5.41) is 8.47. The van der Waals surface area contributed by atoms with Gasteiger partial charge in [0.2, 0.25) is 0 Å². The van der Waals surface area contributed by atoms with Crippen LogP contribution < -0.4 is 5.32 Å². The van der Waals surface area contributed by atoms with Crippen molar-refractivity contribution in [2.45, 2.75) is 32.7 Å². The lowest BCUT2D eigenvalue weighted by atomic mass is 10.3. The first-order chi connectivity index (χ1) is 7.83. The SMILES string of the molecule is CCCN(Cc1nnsc1NC)CC1CC1. The largest absolute Gasteiger partial charge is 0.377 e. The summed E-state index contributed by atoms with van der Waals surface area (Å²) in [5.41, 5.74) is 1.10. The third-order valence-electron chi connectivity index (χ3n) is 2.91. The van der Waals surface area contributed by atoms with Crippen LogP contribution in [0.1, 0.15) is 31.9 Å². The molecule has 4 nitrogen and oxygen atoms in total. The van der Waals surface area contributed by atoms with Gasteiger partial charge in [0.05, 0.1) is 0 Å². The van der Waals surface area contributed by atoms with Crippen molar-refractivity contribution in [2.24, 2.45) is 5.92 Å². The van der Waals surface area contributed by atoms with Gasteiger partial charge >= 0.3 is 0 Å². The molecule has 5 heteroatoms. The first-order valence-corrected chi connectivity index (χ1v) is 6.82. The Morgan fingerprint density at radius 1 is 1.50 bits per heavy atom. The van der Waals surface area contributed by atoms with Gasteiger partial charge < -0.3 is 5.32 Å². The summed E-state index contributed by atoms with van der Waals surface area (Å²) in [6.07, 6.45) is 4.03. The normalized spacial score (nSPS) is 15.7. The molecule has 1 heterocycles. The molecule has 0 amide bonds. The van der Waals surface area contributed by atoms with E-state index in [1.165, 1.54) is 37.3 Å². The lowest BCUT2D eigenvalue weighted by molar-refractivity contribution is 0.252. The van der Waals surface area contributed by atoms with E-state index in [-0.39, 0.29) is 0 Å². The highest BCUT2D eigenvalue weighted by atomic mass is 32.1. The highest BCUT2D eigenvalue weighted by molar-refractivity contribution is 7.10. The molecule has 1 saturated carbocycles. The molecule has 0 atom stereocenters. The zero-order valence-corrected chi connectivity index (χ0v) is 10.9. The minimum absolute atomic E-state index is 0.941. The Kier molecular flexibility index (Phi) is 4.12. The molecule has 90 valence electrons. The van der Waals surface area contributed by atoms with Crippen LogP contribution in [0.2, 0.25) is 0 Å². The van der Waals surface area contributed by atoms with Gasteiger partial charge in [-0.25, -0.2) is 0 Å². The summed E-state index contributed by atoms with van der Waals surface area (Å²) < 4.78 is 4.00. The van der Waals surface area contributed by atoms with Crippen LogP contribution >= 0.6 is 11.5 Å². The smallest absolute Gasteiger partial charge is 0.134 e. The van der Waals surface area contributed by atoms with E-state index in [2.05, 4.69) is 26.7 Å². The van der Waals surface area contributed by atoms with E-state index >= 15 is 0 Å². The van der Waals surface area contributed by atoms with Gasteiger partial charge in [0.25, 0.3) is 0 Å². The molecule has 2 rings (SSSR count). The van der Waals surface area contributed by atoms with E-state index in [0.29, 0.717) is 0 Å². The summed E-state index contributed by atoms with van der Waals surface area (Å²) in [6, 6.07) is 0. The van der Waals surface area contributed by atoms with E-state index in [1.54, 1.807) is 0 Å². The molecule has 0 saturated heterocycles. The predicted molar refractivity (Wildman–Crippen MR) is 67.7 cm³/mol. The fraction of sp³-hybridized carbons (Fsp3) is 0.818. The highest BCUT2D eigenvalue weighted by Crippen LogP contribution is 2.30. The number of hydrogen-bond acceptors (Lipinski definition) is 5. The Morgan fingerprint density at radius 2 is 2.31 bits per heavy atom. The molecule has 0 aliphatic heterocycles. The van der Waals surface area contributed by atoms with Crippen molar-refractivity contribution in [3.05, 3.63) is 5.69 Å². The van der Waals surface area contributed by atoms with E-state index in [0.717, 1.165) is 29.7 Å². The summed E-state index contributed by atoms with van der Waals surface area (Å²) >= 11 is 1.45. The second-order valence-corrected chi connectivity index (χ2v) is 5.23. The first-order valence-electron chi connectivity index (χ1n) is 6.04. The predicted octanol–water partition coefficient (Wildman–Crippen LogP) is 2.20. The average molecular weight is 240 g/mol. The van der Waals surface area contributed by atoms with Crippen molar-refractivity contribution < 1.29 is 0 Å². The van der Waals surface area contributed by atoms with Crippen molar-refractivity contribution in [2.75, 3.05) is 25.5 Å². The fourth-order valence-corrected chi connectivity index (χ4v) is 2.45. The van der Waals surface area contributed by atoms with Crippen LogP contribution in [0.25, 0.3) is 0 Å². The first kappa shape index (κ1) is 11.8. The molecule has 1 N–H and O–H groups in total. The Hall–Kier alpha value is -0.680. The van der Waals surface area contributed by atoms with Gasteiger partial charge in [-0.1, -0.05) is 11.4 Å². The Labute approximate surface area is 101 Å². The molecule has 1 aromatic rings. The fourth-order valence-electron chi connectivity index (χ4n) is 1.93. The number of nitrogens with zero attached hydrogens (tertiary/aromatic N) is 3. The quantitative estimate of drug-likeness (QED) is 0.793. The minimum atomic E-state index is 0.941. The molecule has 0 bridgehead atoms. The number of nitrogens with one attached hydrogen (secondary N) is 1. The van der Waals surface area contributed by atoms with Crippen LogP contribution in [0.15, 0.2) is 0 Å². The van der Waals surface area contributed by atoms with E-state index in [9.17, 15) is 0 Å². The van der Waals surface area contributed by atoms with Crippen molar-refractivity contribution in [1.82, 2.24) is 14.5 Å². The van der Waals surface area contributed by atoms with Crippen LogP contribution in [0.4, 0.5) is 5.00 Å². The van der Waals surface area contributed by atoms with E-state index in [1.807, 2.05) is 7.05 Å². The summed E-state index contributed by atoms with van der Waals surface area (Å²) in [5.74, 6) is 0.941. The Balaban J connectivity index is 1.92. The summed E-state index contributed by atoms with van der Waals surface area (Å²) in [7, 11) is 1.93. The second-order valence-electron chi connectivity index (χ2n) is 4.48. The van der Waals surface area contributed by atoms with Gasteiger partial charge in [-0.05, 0) is 31.7 Å². The molecule has 1 aliphatic carbocycles. The highest BCUT2D eigenvalue weighted by Gasteiger charge is 2.24. The molecule has 1 aliphatic rings. The van der Waals surface area contributed by atoms with Gasteiger partial charge in [0.1, 0.15) is 10.7 Å². The standard InChI is InChI=1S/C11H20N4S/c1-3-6-15(7-9-4-5-9)8-10-11(12-2)16-14-13-10/h9,12H,3-8H2,1-2H3. The van der Waals surface area contributed by atoms with Crippen molar-refractivity contribution >= 4 is 16.5 Å². The third kappa shape index (κ3) is 3.15. The number of anilines is 1. The lowest BCUT2D eigenvalue weighted by Crippen LogP contribution is -2.26. The van der Waals surface area contributed by atoms with Gasteiger partial charge in [0.15, 0.2) is 0 Å². The Bertz CT molecular complexity index is 322. The maximum Gasteiger partial charge on any atom is 0.134 e. The van der Waals surface area contributed by atoms with E-state index in [4.69, 9.17) is 0 Å². The second kappa shape index (κ2) is 5.59. The Morgan fingerprint density at radius 3 is 2.94 bits per heavy atom. The van der Waals surface area contributed by atoms with Crippen LogP contribution in [-0.2, 0) is 6.54 Å². The summed E-state index contributed by atoms with van der Waals surface area (Å²) in [4.78, 5) is 2.51. The minimum Gasteiger partial charge on any atom is -0.377 e. The van der Waals surface area contributed by atoms with E-state index < -0.39 is 0 Å². The van der Waals surface area contributed by atoms with Gasteiger partial charge in [-0.2, -0.15) is 0 Å². The van der Waals surface area contributed by atoms with Crippen molar-refractivity contribution in [3.63, 3.8) is 0 Å². The van der Waals surface area contributed by atoms with Crippen LogP contribution in [0.5, 0.6) is 0 Å². The molecule has 1 fully saturated rings. The summed E-state index contributed by atoms with van der Waals surface area (Å²) in [6.45, 7) is 5.57. The molecule has 0 unspecified atom stereocenters. The van der Waals surface area contributed by atoms with Crippen molar-refractivity contribution in [3.8, 4) is 0 Å². The van der Waals surface area contributed by atoms with Crippen LogP contribution in [0, 0.1) is 5.92 Å². The van der Waals surface area contributed by atoms with Gasteiger partial charge in [-0.3, -0.25) is 4.90 Å². The average Bonchev–Trinajstić information content (AvgIpc) is 2.96. The molecule has 0 radical (unpaired) electrons. The number of hydrogen-bond donors (Lipinski definition) is 1. The number of rotatable bonds is 7. The molecular formula is C11H20N4S. The van der Waals surface area contributed by atoms with Gasteiger partial charge in [-0.15, -0.1) is 5.10 Å². The molecule has 0 spiro atoms. The third-order valence-corrected chi connectivity index (χ3v) is 3.69. The van der Waals surface area contributed by atoms with Crippen LogP contribution in [0.3, 0.4) is 0 Å². The lowest BCUT2D eigenvalue weighted by Gasteiger charge is -2.20. The van der Waals surface area contributed by atoms with Crippen molar-refractivity contribution in [1.29, 1.82) is 0 Å². The zero-order valence-electron chi connectivity index (χ0n) is 10.1. The maximum atomic E-state index is 4.20.